The minimum absolute atomic E-state index is 0.221. The highest BCUT2D eigenvalue weighted by Gasteiger charge is 2.74. The topological polar surface area (TPSA) is 0 Å². The van der Waals surface area contributed by atoms with Gasteiger partial charge in [-0.25, -0.2) is 0 Å². The summed E-state index contributed by atoms with van der Waals surface area (Å²) in [5.74, 6) is 5.31. The first kappa shape index (κ1) is 16.9. The molecule has 2 aliphatic heterocycles. The molecule has 2 heteroatoms. The summed E-state index contributed by atoms with van der Waals surface area (Å²) in [6, 6.07) is 22.6. The molecule has 3 aliphatic rings. The van der Waals surface area contributed by atoms with Gasteiger partial charge in [-0.05, 0) is 40.3 Å². The largest absolute Gasteiger partial charge is 0.0650 e. The normalized spacial score (nSPS) is 40.3. The van der Waals surface area contributed by atoms with E-state index in [2.05, 4.69) is 100.0 Å². The van der Waals surface area contributed by atoms with E-state index in [0.29, 0.717) is 10.8 Å². The number of benzene rings is 2. The van der Waals surface area contributed by atoms with Crippen LogP contribution in [0.15, 0.2) is 83.4 Å². The van der Waals surface area contributed by atoms with Gasteiger partial charge in [0.2, 0.25) is 0 Å². The van der Waals surface area contributed by atoms with E-state index in [1.807, 2.05) is 0 Å². The number of hydrogen-bond donors (Lipinski definition) is 0. The van der Waals surface area contributed by atoms with Crippen molar-refractivity contribution in [2.45, 2.75) is 39.0 Å². The quantitative estimate of drug-likeness (QED) is 0.548. The lowest BCUT2D eigenvalue weighted by Crippen LogP contribution is -2.66. The molecule has 0 spiro atoms. The Hall–Kier alpha value is -1.22. The molecular weight excluding hydrogens is 350 g/mol. The van der Waals surface area contributed by atoms with Gasteiger partial charge >= 0.3 is 0 Å². The lowest BCUT2D eigenvalue weighted by Gasteiger charge is -2.66. The van der Waals surface area contributed by atoms with Crippen molar-refractivity contribution in [2.24, 2.45) is 10.8 Å². The molecule has 2 heterocycles. The van der Waals surface area contributed by atoms with Gasteiger partial charge in [0.25, 0.3) is 0 Å². The van der Waals surface area contributed by atoms with Crippen molar-refractivity contribution >= 4 is 26.5 Å². The molecule has 1 fully saturated rings. The Balaban J connectivity index is 1.63. The smallest absolute Gasteiger partial charge is 0.00618 e. The molecule has 6 unspecified atom stereocenters. The molecule has 0 amide bonds. The molecule has 0 saturated heterocycles. The number of fused-ring (bicyclic) bond motifs is 4. The lowest BCUT2D eigenvalue weighted by molar-refractivity contribution is 0.0449. The van der Waals surface area contributed by atoms with Gasteiger partial charge in [-0.1, -0.05) is 97.3 Å². The van der Waals surface area contributed by atoms with Crippen LogP contribution >= 0.6 is 15.8 Å². The molecule has 0 bridgehead atoms. The van der Waals surface area contributed by atoms with Crippen LogP contribution < -0.4 is 10.6 Å². The number of hydrogen-bond acceptors (Lipinski definition) is 0. The van der Waals surface area contributed by atoms with Crippen LogP contribution in [-0.2, 0) is 0 Å². The van der Waals surface area contributed by atoms with Crippen LogP contribution in [0.1, 0.15) is 27.7 Å². The third-order valence-corrected chi connectivity index (χ3v) is 13.8. The van der Waals surface area contributed by atoms with Gasteiger partial charge in [0, 0.05) is 22.1 Å². The number of rotatable bonds is 2. The van der Waals surface area contributed by atoms with Crippen LogP contribution in [0, 0.1) is 10.8 Å². The second-order valence-corrected chi connectivity index (χ2v) is 12.7. The first-order valence-electron chi connectivity index (χ1n) is 9.54. The molecule has 2 aromatic rings. The highest BCUT2D eigenvalue weighted by atomic mass is 31.1. The van der Waals surface area contributed by atoms with E-state index in [1.54, 1.807) is 21.8 Å². The summed E-state index contributed by atoms with van der Waals surface area (Å²) in [5, 5.41) is 3.12. The first-order chi connectivity index (χ1) is 12.5. The van der Waals surface area contributed by atoms with E-state index < -0.39 is 0 Å². The first-order valence-corrected chi connectivity index (χ1v) is 12.5. The summed E-state index contributed by atoms with van der Waals surface area (Å²) in [5.41, 5.74) is 5.48. The summed E-state index contributed by atoms with van der Waals surface area (Å²) in [6.07, 6.45) is 0. The second kappa shape index (κ2) is 5.64. The highest BCUT2D eigenvalue weighted by Crippen LogP contribution is 2.85. The Labute approximate surface area is 159 Å². The average Bonchev–Trinajstić information content (AvgIpc) is 3.05. The van der Waals surface area contributed by atoms with Crippen LogP contribution in [0.3, 0.4) is 0 Å². The fourth-order valence-corrected chi connectivity index (χ4v) is 13.6. The maximum absolute atomic E-state index is 2.66. The molecule has 0 radical (unpaired) electrons. The van der Waals surface area contributed by atoms with Crippen LogP contribution in [0.4, 0.5) is 0 Å². The zero-order chi connectivity index (χ0) is 18.1. The van der Waals surface area contributed by atoms with E-state index in [4.69, 9.17) is 0 Å². The van der Waals surface area contributed by atoms with Gasteiger partial charge in [-0.15, -0.1) is 0 Å². The molecule has 1 saturated carbocycles. The summed E-state index contributed by atoms with van der Waals surface area (Å²) in [6.45, 7) is 9.92. The third-order valence-electron chi connectivity index (χ3n) is 7.57. The molecule has 0 N–H and O–H groups in total. The van der Waals surface area contributed by atoms with E-state index in [1.165, 1.54) is 0 Å². The Morgan fingerprint density at radius 3 is 1.31 bits per heavy atom. The summed E-state index contributed by atoms with van der Waals surface area (Å²) >= 11 is 0. The van der Waals surface area contributed by atoms with Crippen LogP contribution in [-0.4, -0.2) is 11.3 Å². The minimum Gasteiger partial charge on any atom is -0.0650 e. The van der Waals surface area contributed by atoms with Gasteiger partial charge in [0.05, 0.1) is 0 Å². The maximum atomic E-state index is 2.66. The van der Waals surface area contributed by atoms with Gasteiger partial charge in [-0.3, -0.25) is 0 Å². The fourth-order valence-electron chi connectivity index (χ4n) is 5.81. The SMILES string of the molecule is CC1=CP(c2ccccc2)C2C3P(c4ccccc4)C=C(C)C3(C)C12C. The molecule has 0 aromatic heterocycles. The van der Waals surface area contributed by atoms with Crippen molar-refractivity contribution in [3.8, 4) is 0 Å². The van der Waals surface area contributed by atoms with Crippen molar-refractivity contribution in [2.75, 3.05) is 0 Å². The van der Waals surface area contributed by atoms with Gasteiger partial charge in [-0.2, -0.15) is 0 Å². The van der Waals surface area contributed by atoms with E-state index in [9.17, 15) is 0 Å². The zero-order valence-electron chi connectivity index (χ0n) is 16.0. The Morgan fingerprint density at radius 1 is 0.615 bits per heavy atom. The Kier molecular flexibility index (Phi) is 3.67. The summed E-state index contributed by atoms with van der Waals surface area (Å²) in [4.78, 5) is 0. The van der Waals surface area contributed by atoms with Crippen molar-refractivity contribution in [3.05, 3.63) is 83.4 Å². The summed E-state index contributed by atoms with van der Waals surface area (Å²) in [7, 11) is -0.441. The van der Waals surface area contributed by atoms with Gasteiger partial charge in [0.1, 0.15) is 0 Å². The van der Waals surface area contributed by atoms with E-state index in [0.717, 1.165) is 11.3 Å². The van der Waals surface area contributed by atoms with Crippen LogP contribution in [0.5, 0.6) is 0 Å². The van der Waals surface area contributed by atoms with Crippen molar-refractivity contribution in [3.63, 3.8) is 0 Å². The molecular formula is C24H26P2. The predicted octanol–water partition coefficient (Wildman–Crippen LogP) is 6.20. The predicted molar refractivity (Wildman–Crippen MR) is 117 cm³/mol. The Bertz CT molecular complexity index is 836. The molecule has 5 rings (SSSR count). The molecule has 2 aromatic carbocycles. The summed E-state index contributed by atoms with van der Waals surface area (Å²) < 4.78 is 0. The molecule has 26 heavy (non-hydrogen) atoms. The van der Waals surface area contributed by atoms with Gasteiger partial charge in [0.15, 0.2) is 0 Å². The minimum atomic E-state index is -0.221. The third kappa shape index (κ3) is 1.88. The number of allylic oxidation sites excluding steroid dienone is 2. The van der Waals surface area contributed by atoms with Crippen molar-refractivity contribution in [1.82, 2.24) is 0 Å². The molecule has 6 atom stereocenters. The zero-order valence-corrected chi connectivity index (χ0v) is 17.8. The van der Waals surface area contributed by atoms with E-state index >= 15 is 0 Å². The monoisotopic (exact) mass is 376 g/mol. The van der Waals surface area contributed by atoms with Crippen LogP contribution in [0.25, 0.3) is 0 Å². The van der Waals surface area contributed by atoms with Crippen molar-refractivity contribution in [1.29, 1.82) is 0 Å². The van der Waals surface area contributed by atoms with Crippen molar-refractivity contribution < 1.29 is 0 Å². The fraction of sp³-hybridized carbons (Fsp3) is 0.333. The van der Waals surface area contributed by atoms with E-state index in [-0.39, 0.29) is 15.8 Å². The van der Waals surface area contributed by atoms with Crippen LogP contribution in [0.2, 0.25) is 0 Å². The molecule has 1 aliphatic carbocycles. The lowest BCUT2D eigenvalue weighted by atomic mass is 9.46. The standard InChI is InChI=1S/C24H26P2/c1-17-15-25(19-11-7-5-8-12-19)21-22-24(4,23(17,21)3)18(2)16-26(22)20-13-9-6-10-14-20/h5-16,21-22H,1-4H3. The maximum Gasteiger partial charge on any atom is 0.00618 e. The molecule has 0 nitrogen and oxygen atoms in total. The second-order valence-electron chi connectivity index (χ2n) is 8.40. The molecule has 132 valence electrons. The Morgan fingerprint density at radius 2 is 0.962 bits per heavy atom. The average molecular weight is 376 g/mol. The van der Waals surface area contributed by atoms with Gasteiger partial charge < -0.3 is 0 Å². The highest BCUT2D eigenvalue weighted by molar-refractivity contribution is 7.74.